The monoisotopic (exact) mass is 278 g/mol. The van der Waals surface area contributed by atoms with Gasteiger partial charge in [-0.15, -0.1) is 0 Å². The lowest BCUT2D eigenvalue weighted by Gasteiger charge is -2.22. The maximum absolute atomic E-state index is 5.38. The molecule has 0 amide bonds. The molecule has 0 aliphatic carbocycles. The van der Waals surface area contributed by atoms with Gasteiger partial charge in [0, 0.05) is 39.3 Å². The van der Waals surface area contributed by atoms with E-state index in [9.17, 15) is 0 Å². The molecule has 0 heterocycles. The summed E-state index contributed by atoms with van der Waals surface area (Å²) in [5.74, 6) is 0. The van der Waals surface area contributed by atoms with E-state index in [1.54, 1.807) is 0 Å². The second-order valence-electron chi connectivity index (χ2n) is 4.04. The van der Waals surface area contributed by atoms with E-state index in [0.717, 1.165) is 19.6 Å². The van der Waals surface area contributed by atoms with E-state index in [1.165, 1.54) is 0 Å². The number of hydrogen-bond acceptors (Lipinski definition) is 7. The third kappa shape index (κ3) is 13.9. The molecule has 0 aromatic rings. The molecule has 0 aromatic carbocycles. The molecule has 0 bridgehead atoms. The summed E-state index contributed by atoms with van der Waals surface area (Å²) < 4.78 is 16.1. The van der Waals surface area contributed by atoms with E-state index in [0.29, 0.717) is 59.3 Å². The molecule has 0 fully saturated rings. The van der Waals surface area contributed by atoms with Gasteiger partial charge in [-0.05, 0) is 0 Å². The second kappa shape index (κ2) is 15.8. The average Bonchev–Trinajstić information content (AvgIpc) is 2.43. The van der Waals surface area contributed by atoms with Crippen molar-refractivity contribution in [2.45, 2.75) is 0 Å². The third-order valence-electron chi connectivity index (χ3n) is 2.44. The molecule has 0 saturated carbocycles. The second-order valence-corrected chi connectivity index (χ2v) is 4.04. The lowest BCUT2D eigenvalue weighted by molar-refractivity contribution is 0.0572. The van der Waals surface area contributed by atoms with Crippen LogP contribution in [0.15, 0.2) is 0 Å². The maximum atomic E-state index is 5.38. The zero-order chi connectivity index (χ0) is 14.2. The van der Waals surface area contributed by atoms with Crippen LogP contribution in [-0.4, -0.2) is 83.8 Å². The summed E-state index contributed by atoms with van der Waals surface area (Å²) in [5.41, 5.74) is 16.1. The highest BCUT2D eigenvalue weighted by molar-refractivity contribution is 4.57. The highest BCUT2D eigenvalue weighted by atomic mass is 16.5. The minimum atomic E-state index is 0.555. The molecule has 0 saturated heterocycles. The molecule has 6 N–H and O–H groups in total. The largest absolute Gasteiger partial charge is 0.379 e. The molecule has 0 rings (SSSR count). The molecule has 0 aliphatic heterocycles. The fourth-order valence-electron chi connectivity index (χ4n) is 1.47. The zero-order valence-corrected chi connectivity index (χ0v) is 11.9. The molecule has 0 radical (unpaired) electrons. The van der Waals surface area contributed by atoms with Crippen molar-refractivity contribution >= 4 is 0 Å². The van der Waals surface area contributed by atoms with Gasteiger partial charge in [0.15, 0.2) is 0 Å². The molecule has 0 unspecified atom stereocenters. The molecular formula is C12H30N4O3. The summed E-state index contributed by atoms with van der Waals surface area (Å²) in [4.78, 5) is 2.24. The highest BCUT2D eigenvalue weighted by Gasteiger charge is 2.04. The molecule has 116 valence electrons. The van der Waals surface area contributed by atoms with Gasteiger partial charge in [-0.3, -0.25) is 4.90 Å². The van der Waals surface area contributed by atoms with Crippen LogP contribution in [0.5, 0.6) is 0 Å². The highest BCUT2D eigenvalue weighted by Crippen LogP contribution is 1.91. The van der Waals surface area contributed by atoms with Crippen molar-refractivity contribution in [2.75, 3.05) is 78.9 Å². The Morgan fingerprint density at radius 2 is 0.842 bits per heavy atom. The van der Waals surface area contributed by atoms with Crippen LogP contribution in [-0.2, 0) is 14.2 Å². The number of hydrogen-bond donors (Lipinski definition) is 3. The molecule has 0 spiro atoms. The predicted molar refractivity (Wildman–Crippen MR) is 76.1 cm³/mol. The van der Waals surface area contributed by atoms with E-state index in [-0.39, 0.29) is 0 Å². The summed E-state index contributed by atoms with van der Waals surface area (Å²) >= 11 is 0. The van der Waals surface area contributed by atoms with E-state index >= 15 is 0 Å². The summed E-state index contributed by atoms with van der Waals surface area (Å²) in [5, 5.41) is 0. The van der Waals surface area contributed by atoms with Crippen LogP contribution in [0.4, 0.5) is 0 Å². The summed E-state index contributed by atoms with van der Waals surface area (Å²) in [6, 6.07) is 0. The van der Waals surface area contributed by atoms with E-state index in [1.807, 2.05) is 0 Å². The Hall–Kier alpha value is -0.280. The summed E-state index contributed by atoms with van der Waals surface area (Å²) in [6.45, 7) is 8.01. The molecule has 19 heavy (non-hydrogen) atoms. The van der Waals surface area contributed by atoms with Crippen LogP contribution in [0.3, 0.4) is 0 Å². The molecule has 0 aliphatic rings. The Morgan fingerprint density at radius 1 is 0.526 bits per heavy atom. The van der Waals surface area contributed by atoms with Crippen LogP contribution in [0.2, 0.25) is 0 Å². The number of nitrogens with two attached hydrogens (primary N) is 3. The van der Waals surface area contributed by atoms with Crippen LogP contribution in [0.1, 0.15) is 0 Å². The van der Waals surface area contributed by atoms with Gasteiger partial charge in [0.1, 0.15) is 0 Å². The third-order valence-corrected chi connectivity index (χ3v) is 2.44. The number of rotatable bonds is 15. The van der Waals surface area contributed by atoms with E-state index in [4.69, 9.17) is 31.4 Å². The van der Waals surface area contributed by atoms with Gasteiger partial charge in [-0.25, -0.2) is 0 Å². The molecule has 0 atom stereocenters. The van der Waals surface area contributed by atoms with Gasteiger partial charge in [0.05, 0.1) is 39.6 Å². The van der Waals surface area contributed by atoms with Crippen molar-refractivity contribution in [3.05, 3.63) is 0 Å². The Balaban J connectivity index is 3.66. The van der Waals surface area contributed by atoms with Gasteiger partial charge in [0.25, 0.3) is 0 Å². The van der Waals surface area contributed by atoms with Gasteiger partial charge in [0.2, 0.25) is 0 Å². The van der Waals surface area contributed by atoms with Crippen molar-refractivity contribution in [2.24, 2.45) is 17.2 Å². The normalized spacial score (nSPS) is 11.4. The molecule has 0 aromatic heterocycles. The minimum Gasteiger partial charge on any atom is -0.379 e. The van der Waals surface area contributed by atoms with Crippen molar-refractivity contribution in [3.63, 3.8) is 0 Å². The maximum Gasteiger partial charge on any atom is 0.0594 e. The van der Waals surface area contributed by atoms with Crippen molar-refractivity contribution < 1.29 is 14.2 Å². The Kier molecular flexibility index (Phi) is 15.5. The quantitative estimate of drug-likeness (QED) is 0.304. The Morgan fingerprint density at radius 3 is 1.11 bits per heavy atom. The van der Waals surface area contributed by atoms with Gasteiger partial charge in [-0.2, -0.15) is 0 Å². The first kappa shape index (κ1) is 18.7. The average molecular weight is 278 g/mol. The van der Waals surface area contributed by atoms with Crippen LogP contribution in [0.25, 0.3) is 0 Å². The lowest BCUT2D eigenvalue weighted by atomic mass is 10.4. The van der Waals surface area contributed by atoms with Crippen molar-refractivity contribution in [3.8, 4) is 0 Å². The minimum absolute atomic E-state index is 0.555. The standard InChI is InChI=1S/C12H30N4O3/c13-1-7-17-10-4-16(5-11-18-8-2-14)6-12-19-9-3-15/h1-15H2. The van der Waals surface area contributed by atoms with Crippen molar-refractivity contribution in [1.82, 2.24) is 4.90 Å². The first-order chi connectivity index (χ1) is 9.35. The van der Waals surface area contributed by atoms with Crippen LogP contribution < -0.4 is 17.2 Å². The molecular weight excluding hydrogens is 248 g/mol. The van der Waals surface area contributed by atoms with E-state index < -0.39 is 0 Å². The number of nitrogens with zero attached hydrogens (tertiary/aromatic N) is 1. The van der Waals surface area contributed by atoms with E-state index in [2.05, 4.69) is 4.90 Å². The Labute approximate surface area is 116 Å². The topological polar surface area (TPSA) is 109 Å². The fourth-order valence-corrected chi connectivity index (χ4v) is 1.47. The van der Waals surface area contributed by atoms with Gasteiger partial charge in [-0.1, -0.05) is 0 Å². The van der Waals surface area contributed by atoms with Crippen molar-refractivity contribution in [1.29, 1.82) is 0 Å². The molecule has 7 heteroatoms. The molecule has 7 nitrogen and oxygen atoms in total. The predicted octanol–water partition coefficient (Wildman–Crippen LogP) is -1.79. The first-order valence-electron chi connectivity index (χ1n) is 6.91. The zero-order valence-electron chi connectivity index (χ0n) is 11.9. The SMILES string of the molecule is NCCOCCN(CCOCCN)CCOCCN. The summed E-state index contributed by atoms with van der Waals surface area (Å²) in [6.07, 6.45) is 0. The van der Waals surface area contributed by atoms with Gasteiger partial charge >= 0.3 is 0 Å². The number of ether oxygens (including phenoxy) is 3. The fraction of sp³-hybridized carbons (Fsp3) is 1.00. The Bertz CT molecular complexity index is 147. The van der Waals surface area contributed by atoms with Crippen LogP contribution in [0, 0.1) is 0 Å². The summed E-state index contributed by atoms with van der Waals surface area (Å²) in [7, 11) is 0. The smallest absolute Gasteiger partial charge is 0.0594 e. The first-order valence-corrected chi connectivity index (χ1v) is 6.91. The lowest BCUT2D eigenvalue weighted by Crippen LogP contribution is -2.35. The van der Waals surface area contributed by atoms with Gasteiger partial charge < -0.3 is 31.4 Å². The van der Waals surface area contributed by atoms with Crippen LogP contribution >= 0.6 is 0 Å².